The summed E-state index contributed by atoms with van der Waals surface area (Å²) >= 11 is 0. The maximum Gasteiger partial charge on any atom is 0.306 e. The van der Waals surface area contributed by atoms with E-state index >= 15 is 0 Å². The second-order valence-electron chi connectivity index (χ2n) is 8.50. The lowest BCUT2D eigenvalue weighted by Gasteiger charge is -2.33. The van der Waals surface area contributed by atoms with Crippen LogP contribution >= 0.6 is 0 Å². The van der Waals surface area contributed by atoms with Gasteiger partial charge >= 0.3 is 5.97 Å². The maximum absolute atomic E-state index is 10.9. The van der Waals surface area contributed by atoms with Gasteiger partial charge in [0, 0.05) is 23.7 Å². The van der Waals surface area contributed by atoms with Crippen LogP contribution in [0.5, 0.6) is 0 Å². The molecular weight excluding hydrogens is 378 g/mol. The van der Waals surface area contributed by atoms with Crippen molar-refractivity contribution in [3.8, 4) is 22.8 Å². The number of aliphatic carboxylic acids is 1. The SMILES string of the molecule is CC(C)Cc1ccc(-c2nc(-c3cccc(CN[C@H]4C[C@@H](C(=O)O)C4)c3)no2)cc1. The van der Waals surface area contributed by atoms with Crippen molar-refractivity contribution in [3.05, 3.63) is 59.7 Å². The highest BCUT2D eigenvalue weighted by atomic mass is 16.5. The van der Waals surface area contributed by atoms with Crippen LogP contribution in [0, 0.1) is 11.8 Å². The number of rotatable bonds is 8. The van der Waals surface area contributed by atoms with E-state index in [9.17, 15) is 4.79 Å². The van der Waals surface area contributed by atoms with Crippen LogP contribution in [0.3, 0.4) is 0 Å². The van der Waals surface area contributed by atoms with Crippen molar-refractivity contribution in [2.75, 3.05) is 0 Å². The van der Waals surface area contributed by atoms with Gasteiger partial charge in [0.1, 0.15) is 0 Å². The number of hydrogen-bond donors (Lipinski definition) is 2. The number of benzene rings is 2. The van der Waals surface area contributed by atoms with Crippen molar-refractivity contribution >= 4 is 5.97 Å². The smallest absolute Gasteiger partial charge is 0.306 e. The molecule has 1 aromatic heterocycles. The average Bonchev–Trinajstić information content (AvgIpc) is 3.17. The molecule has 0 saturated heterocycles. The largest absolute Gasteiger partial charge is 0.481 e. The Bertz CT molecular complexity index is 1000. The molecule has 0 aliphatic heterocycles. The van der Waals surface area contributed by atoms with Gasteiger partial charge in [0.2, 0.25) is 5.82 Å². The van der Waals surface area contributed by atoms with Crippen LogP contribution in [-0.2, 0) is 17.8 Å². The van der Waals surface area contributed by atoms with Crippen LogP contribution < -0.4 is 5.32 Å². The molecule has 6 nitrogen and oxygen atoms in total. The van der Waals surface area contributed by atoms with Gasteiger partial charge in [-0.1, -0.05) is 49.3 Å². The van der Waals surface area contributed by atoms with Gasteiger partial charge in [0.25, 0.3) is 5.89 Å². The summed E-state index contributed by atoms with van der Waals surface area (Å²) in [6.07, 6.45) is 2.44. The van der Waals surface area contributed by atoms with Crippen LogP contribution in [0.25, 0.3) is 22.8 Å². The Kier molecular flexibility index (Phi) is 5.95. The van der Waals surface area contributed by atoms with Gasteiger partial charge in [-0.3, -0.25) is 4.79 Å². The Balaban J connectivity index is 1.40. The van der Waals surface area contributed by atoms with E-state index in [0.29, 0.717) is 37.0 Å². The molecule has 6 heteroatoms. The molecule has 156 valence electrons. The Morgan fingerprint density at radius 1 is 1.13 bits per heavy atom. The van der Waals surface area contributed by atoms with E-state index in [2.05, 4.69) is 41.4 Å². The minimum absolute atomic E-state index is 0.203. The fraction of sp³-hybridized carbons (Fsp3) is 0.375. The summed E-state index contributed by atoms with van der Waals surface area (Å²) in [7, 11) is 0. The molecule has 0 atom stereocenters. The zero-order chi connectivity index (χ0) is 21.1. The lowest BCUT2D eigenvalue weighted by atomic mass is 9.80. The number of hydrogen-bond acceptors (Lipinski definition) is 5. The number of carbonyl (C=O) groups is 1. The quantitative estimate of drug-likeness (QED) is 0.571. The Hall–Kier alpha value is -2.99. The van der Waals surface area contributed by atoms with Crippen LogP contribution in [0.1, 0.15) is 37.8 Å². The number of nitrogens with one attached hydrogen (secondary N) is 1. The van der Waals surface area contributed by atoms with Gasteiger partial charge in [0.05, 0.1) is 5.92 Å². The molecule has 2 N–H and O–H groups in total. The van der Waals surface area contributed by atoms with Crippen molar-refractivity contribution < 1.29 is 14.4 Å². The first kappa shape index (κ1) is 20.3. The van der Waals surface area contributed by atoms with Crippen LogP contribution in [0.2, 0.25) is 0 Å². The van der Waals surface area contributed by atoms with Crippen molar-refractivity contribution in [2.45, 2.75) is 45.7 Å². The summed E-state index contributed by atoms with van der Waals surface area (Å²) in [6, 6.07) is 16.6. The second kappa shape index (κ2) is 8.79. The number of carboxylic acids is 1. The van der Waals surface area contributed by atoms with E-state index in [1.165, 1.54) is 5.56 Å². The summed E-state index contributed by atoms with van der Waals surface area (Å²) in [5.74, 6) is 0.797. The van der Waals surface area contributed by atoms with Crippen molar-refractivity contribution in [2.24, 2.45) is 11.8 Å². The summed E-state index contributed by atoms with van der Waals surface area (Å²) in [5.41, 5.74) is 4.22. The molecule has 0 amide bonds. The van der Waals surface area contributed by atoms with Gasteiger partial charge < -0.3 is 14.9 Å². The molecule has 0 spiro atoms. The first-order chi connectivity index (χ1) is 14.5. The summed E-state index contributed by atoms with van der Waals surface area (Å²) < 4.78 is 5.49. The normalized spacial score (nSPS) is 18.4. The monoisotopic (exact) mass is 405 g/mol. The summed E-state index contributed by atoms with van der Waals surface area (Å²) in [4.78, 5) is 15.5. The lowest BCUT2D eigenvalue weighted by molar-refractivity contribution is -0.145. The zero-order valence-corrected chi connectivity index (χ0v) is 17.3. The number of carboxylic acid groups (broad SMARTS) is 1. The summed E-state index contributed by atoms with van der Waals surface area (Å²) in [6.45, 7) is 5.11. The van der Waals surface area contributed by atoms with Crippen molar-refractivity contribution in [1.29, 1.82) is 0 Å². The van der Waals surface area contributed by atoms with Crippen molar-refractivity contribution in [3.63, 3.8) is 0 Å². The molecule has 1 heterocycles. The fourth-order valence-electron chi connectivity index (χ4n) is 3.78. The van der Waals surface area contributed by atoms with E-state index in [-0.39, 0.29) is 12.0 Å². The first-order valence-electron chi connectivity index (χ1n) is 10.5. The first-order valence-corrected chi connectivity index (χ1v) is 10.5. The Morgan fingerprint density at radius 3 is 2.60 bits per heavy atom. The number of aromatic nitrogens is 2. The molecule has 0 radical (unpaired) electrons. The molecule has 1 aliphatic carbocycles. The zero-order valence-electron chi connectivity index (χ0n) is 17.3. The second-order valence-corrected chi connectivity index (χ2v) is 8.50. The minimum Gasteiger partial charge on any atom is -0.481 e. The average molecular weight is 405 g/mol. The van der Waals surface area contributed by atoms with Crippen LogP contribution in [0.15, 0.2) is 53.1 Å². The Labute approximate surface area is 176 Å². The highest BCUT2D eigenvalue weighted by molar-refractivity contribution is 5.71. The molecular formula is C24H27N3O3. The molecule has 2 aromatic carbocycles. The van der Waals surface area contributed by atoms with E-state index in [1.807, 2.05) is 36.4 Å². The molecule has 4 rings (SSSR count). The lowest BCUT2D eigenvalue weighted by Crippen LogP contribution is -2.43. The van der Waals surface area contributed by atoms with Crippen molar-refractivity contribution in [1.82, 2.24) is 15.5 Å². The van der Waals surface area contributed by atoms with Gasteiger partial charge in [0.15, 0.2) is 0 Å². The standard InChI is InChI=1S/C24H27N3O3/c1-15(2)10-16-6-8-18(9-7-16)23-26-22(27-30-23)19-5-3-4-17(11-19)14-25-21-12-20(13-21)24(28)29/h3-9,11,15,20-21,25H,10,12-14H2,1-2H3,(H,28,29)/t20-,21+. The van der Waals surface area contributed by atoms with Crippen LogP contribution in [0.4, 0.5) is 0 Å². The molecule has 1 fully saturated rings. The van der Waals surface area contributed by atoms with Crippen LogP contribution in [-0.4, -0.2) is 27.3 Å². The van der Waals surface area contributed by atoms with Gasteiger partial charge in [-0.05, 0) is 54.5 Å². The summed E-state index contributed by atoms with van der Waals surface area (Å²) in [5, 5.41) is 16.6. The van der Waals surface area contributed by atoms with E-state index < -0.39 is 5.97 Å². The van der Waals surface area contributed by atoms with E-state index in [4.69, 9.17) is 9.63 Å². The predicted molar refractivity (Wildman–Crippen MR) is 115 cm³/mol. The van der Waals surface area contributed by atoms with Gasteiger partial charge in [-0.2, -0.15) is 4.98 Å². The van der Waals surface area contributed by atoms with E-state index in [0.717, 1.165) is 23.1 Å². The molecule has 3 aromatic rings. The molecule has 30 heavy (non-hydrogen) atoms. The third kappa shape index (κ3) is 4.76. The Morgan fingerprint density at radius 2 is 1.90 bits per heavy atom. The van der Waals surface area contributed by atoms with E-state index in [1.54, 1.807) is 0 Å². The number of nitrogens with zero attached hydrogens (tertiary/aromatic N) is 2. The highest BCUT2D eigenvalue weighted by Gasteiger charge is 2.33. The topological polar surface area (TPSA) is 88.2 Å². The third-order valence-corrected chi connectivity index (χ3v) is 5.54. The molecule has 1 aliphatic rings. The van der Waals surface area contributed by atoms with Gasteiger partial charge in [-0.25, -0.2) is 0 Å². The predicted octanol–water partition coefficient (Wildman–Crippen LogP) is 4.55. The van der Waals surface area contributed by atoms with Gasteiger partial charge in [-0.15, -0.1) is 0 Å². The molecule has 0 bridgehead atoms. The molecule has 0 unspecified atom stereocenters. The third-order valence-electron chi connectivity index (χ3n) is 5.54. The fourth-order valence-corrected chi connectivity index (χ4v) is 3.78. The maximum atomic E-state index is 10.9. The molecule has 1 saturated carbocycles. The minimum atomic E-state index is -0.697. The highest BCUT2D eigenvalue weighted by Crippen LogP contribution is 2.28.